The first-order valence-electron chi connectivity index (χ1n) is 32.5. The lowest BCUT2D eigenvalue weighted by atomic mass is 9.86. The first-order valence-corrected chi connectivity index (χ1v) is 34.7. The van der Waals surface area contributed by atoms with Gasteiger partial charge in [-0.15, -0.1) is 0 Å². The summed E-state index contributed by atoms with van der Waals surface area (Å²) in [5, 5.41) is 136. The van der Waals surface area contributed by atoms with Crippen molar-refractivity contribution in [2.75, 3.05) is 70.5 Å². The molecule has 3 unspecified atom stereocenters. The summed E-state index contributed by atoms with van der Waals surface area (Å²) in [6, 6.07) is 3.99. The van der Waals surface area contributed by atoms with Crippen LogP contribution in [0.5, 0.6) is 5.75 Å². The summed E-state index contributed by atoms with van der Waals surface area (Å²) in [7, 11) is -5.12. The number of β-amino-alcohol motifs (C(OH)–C–C–N with tert-alkyl or cyclic N) is 1. The Hall–Kier alpha value is -7.29. The quantitative estimate of drug-likeness (QED) is 0.0176. The number of hydrogen-bond acceptors (Lipinski definition) is 25. The summed E-state index contributed by atoms with van der Waals surface area (Å²) in [4.78, 5) is 104. The molecule has 6 amide bonds. The van der Waals surface area contributed by atoms with Crippen molar-refractivity contribution in [1.82, 2.24) is 41.3 Å². The van der Waals surface area contributed by atoms with Crippen molar-refractivity contribution in [3.8, 4) is 5.75 Å². The zero-order valence-corrected chi connectivity index (χ0v) is 56.2. The number of benzene rings is 3. The molecule has 0 bridgehead atoms. The number of aliphatic hydroxyl groups excluding tert-OH is 8. The zero-order valence-electron chi connectivity index (χ0n) is 54.6. The number of aromatic hydroxyl groups is 1. The maximum absolute atomic E-state index is 14.7. The smallest absolute Gasteiger partial charge is 0.329 e. The maximum atomic E-state index is 14.7. The van der Waals surface area contributed by atoms with Gasteiger partial charge in [-0.25, -0.2) is 4.79 Å². The van der Waals surface area contributed by atoms with Gasteiger partial charge in [-0.2, -0.15) is 8.42 Å². The maximum Gasteiger partial charge on any atom is 0.329 e. The number of nitrogens with zero attached hydrogens (tertiary/aromatic N) is 4. The van der Waals surface area contributed by atoms with Crippen molar-refractivity contribution in [2.24, 2.45) is 17.6 Å². The van der Waals surface area contributed by atoms with E-state index in [2.05, 4.69) is 43.3 Å². The summed E-state index contributed by atoms with van der Waals surface area (Å²) < 4.78 is 34.1. The number of piperazine rings is 1. The van der Waals surface area contributed by atoms with Gasteiger partial charge in [0.05, 0.1) is 55.9 Å². The van der Waals surface area contributed by atoms with Gasteiger partial charge in [0.25, 0.3) is 16.0 Å². The van der Waals surface area contributed by atoms with Gasteiger partial charge in [0.1, 0.15) is 50.9 Å². The third-order valence-corrected chi connectivity index (χ3v) is 20.2. The van der Waals surface area contributed by atoms with E-state index in [9.17, 15) is 97.6 Å². The second-order valence-corrected chi connectivity index (χ2v) is 28.2. The summed E-state index contributed by atoms with van der Waals surface area (Å²) in [6.07, 6.45) is -7.87. The fourth-order valence-corrected chi connectivity index (χ4v) is 14.0. The average molecular weight is 1410 g/mol. The molecule has 98 heavy (non-hydrogen) atoms. The number of rotatable bonds is 30. The number of carboxylic acid groups (broad SMARTS) is 1. The molecule has 1 aliphatic carbocycles. The number of carboxylic acids is 1. The van der Waals surface area contributed by atoms with Crippen LogP contribution in [0.15, 0.2) is 71.6 Å². The van der Waals surface area contributed by atoms with Crippen molar-refractivity contribution >= 4 is 79.1 Å². The van der Waals surface area contributed by atoms with Gasteiger partial charge in [0.15, 0.2) is 6.04 Å². The van der Waals surface area contributed by atoms with Crippen LogP contribution in [0.25, 0.3) is 0 Å². The molecule has 34 heteroatoms. The fraction of sp³-hybridized carbons (Fsp3) is 0.578. The van der Waals surface area contributed by atoms with E-state index in [-0.39, 0.29) is 27.8 Å². The van der Waals surface area contributed by atoms with E-state index >= 15 is 0 Å². The van der Waals surface area contributed by atoms with Crippen LogP contribution in [-0.2, 0) is 45.3 Å². The monoisotopic (exact) mass is 1410 g/mol. The molecule has 4 aliphatic rings. The first kappa shape index (κ1) is 78.1. The van der Waals surface area contributed by atoms with Gasteiger partial charge in [-0.3, -0.25) is 49.0 Å². The number of phenolic OH excluding ortho intramolecular Hbond substituents is 1. The summed E-state index contributed by atoms with van der Waals surface area (Å²) >= 11 is 0.900. The van der Waals surface area contributed by atoms with Gasteiger partial charge in [-0.05, 0) is 80.5 Å². The molecule has 3 aromatic carbocycles. The highest BCUT2D eigenvalue weighted by molar-refractivity contribution is 8.27. The van der Waals surface area contributed by atoms with E-state index in [0.29, 0.717) is 17.2 Å². The van der Waals surface area contributed by atoms with Crippen molar-refractivity contribution < 1.29 is 97.6 Å². The normalized spacial score (nSPS) is 23.2. The number of hydrogen-bond donors (Lipinski definition) is 19. The lowest BCUT2D eigenvalue weighted by Crippen LogP contribution is -2.63. The largest absolute Gasteiger partial charge is 0.506 e. The number of nitrogens with two attached hydrogens (primary N) is 1. The molecule has 3 aliphatic heterocycles. The zero-order chi connectivity index (χ0) is 72.0. The van der Waals surface area contributed by atoms with Crippen LogP contribution in [0.1, 0.15) is 92.8 Å². The predicted molar refractivity (Wildman–Crippen MR) is 356 cm³/mol. The van der Waals surface area contributed by atoms with Crippen molar-refractivity contribution in [3.05, 3.63) is 89.0 Å². The third-order valence-electron chi connectivity index (χ3n) is 18.4. The molecule has 13 atom stereocenters. The van der Waals surface area contributed by atoms with Crippen molar-refractivity contribution in [2.45, 2.75) is 162 Å². The predicted octanol–water partition coefficient (Wildman–Crippen LogP) is -3.38. The molecule has 7 rings (SSSR count). The Morgan fingerprint density at radius 3 is 1.88 bits per heavy atom. The van der Waals surface area contributed by atoms with Crippen LogP contribution in [0.2, 0.25) is 0 Å². The summed E-state index contributed by atoms with van der Waals surface area (Å²) in [5.41, 5.74) is 7.50. The van der Waals surface area contributed by atoms with E-state index in [0.717, 1.165) is 84.5 Å². The topological polar surface area (TPSA) is 523 Å². The number of phenols is 1. The molecule has 540 valence electrons. The van der Waals surface area contributed by atoms with Crippen molar-refractivity contribution in [3.63, 3.8) is 0 Å². The van der Waals surface area contributed by atoms with Crippen LogP contribution in [0, 0.1) is 22.7 Å². The average Bonchev–Trinajstić information content (AvgIpc) is 1.48. The summed E-state index contributed by atoms with van der Waals surface area (Å²) in [6.45, 7) is 5.51. The number of carbonyl (C=O) groups excluding carboxylic acids is 6. The van der Waals surface area contributed by atoms with E-state index in [4.69, 9.17) is 16.6 Å². The van der Waals surface area contributed by atoms with Crippen LogP contribution in [0.3, 0.4) is 0 Å². The highest BCUT2D eigenvalue weighted by Gasteiger charge is 2.49. The SMILES string of the molecule is CC1CCC(N2CCN(c3ccc(C(=N)SC(=N)c4ccc(C(=O)N[C@@H](CC(O)CN)C(=O)N[C@H](C(=O)N5C[C@H](O)C[C@H]5C(=O)N[C@H](C(=O)N[C@@H](CC(O)CNC(CO)CO)C(=O)N5C[C@H](C)[C@H](O)[C@H]5C(=O)O)C(O)Cc5ccc(O)c(S(=O)(=O)O)c5)[C@@H](C)O)cc4)cc3)CC2)CC1. The molecule has 32 nitrogen and oxygen atoms in total. The molecule has 0 radical (unpaired) electrons. The van der Waals surface area contributed by atoms with Crippen LogP contribution < -0.4 is 37.2 Å². The minimum atomic E-state index is -5.12. The Morgan fingerprint density at radius 2 is 1.31 bits per heavy atom. The molecule has 3 aromatic rings. The Balaban J connectivity index is 1.05. The molecule has 0 aromatic heterocycles. The number of thioether (sulfide) groups is 1. The standard InChI is InChI=1S/C64H92N12O20S2/c1-33-4-13-41(14-5-33)73-18-20-74(21-19-73)42-15-11-38(12-16-42)57(67)97-56(66)37-7-9-39(10-8-37)58(86)69-46(24-43(80)27-65)59(87)71-52(35(3)79)63(91)75-30-45(82)26-48(75)60(88)72-53(50(84)22-36-6-17-49(83)51(23-36)98(94,95)96)61(89)70-47(25-44(81)28-68-40(31-77)32-78)62(90)76-29-34(2)55(85)54(76)64(92)93/h6-12,15-17,23,33-35,40-41,43-48,50,52-55,66-68,77-85H,4-5,13-14,18-22,24-32,65H2,1-3H3,(H,69,86)(H,70,89)(H,71,87)(H,72,88)(H,92,93)(H,94,95,96)/t33?,34-,35+,41?,43?,44?,45+,46-,47-,48-,50?,52-,53-,54-,55-/m0/s1. The molecular weight excluding hydrogens is 1320 g/mol. The second-order valence-electron chi connectivity index (χ2n) is 25.8. The van der Waals surface area contributed by atoms with Crippen molar-refractivity contribution in [1.29, 1.82) is 10.8 Å². The Labute approximate surface area is 571 Å². The summed E-state index contributed by atoms with van der Waals surface area (Å²) in [5.74, 6) is -9.81. The molecule has 3 heterocycles. The highest BCUT2D eigenvalue weighted by atomic mass is 32.2. The van der Waals surface area contributed by atoms with E-state index < -0.39 is 206 Å². The van der Waals surface area contributed by atoms with Gasteiger partial charge >= 0.3 is 5.97 Å². The van der Waals surface area contributed by atoms with Gasteiger partial charge in [-0.1, -0.05) is 55.9 Å². The van der Waals surface area contributed by atoms with Gasteiger partial charge in [0, 0.05) is 112 Å². The van der Waals surface area contributed by atoms with E-state index in [1.807, 2.05) is 24.3 Å². The molecule has 0 spiro atoms. The molecular formula is C64H92N12O20S2. The van der Waals surface area contributed by atoms with Crippen LogP contribution in [-0.4, -0.2) is 281 Å². The minimum absolute atomic E-state index is 0.00343. The van der Waals surface area contributed by atoms with Gasteiger partial charge < -0.3 is 98.1 Å². The number of anilines is 1. The van der Waals surface area contributed by atoms with E-state index in [1.165, 1.54) is 56.9 Å². The number of carbonyl (C=O) groups is 7. The fourth-order valence-electron chi connectivity index (χ4n) is 12.6. The number of aliphatic carboxylic acids is 1. The molecule has 1 saturated carbocycles. The third kappa shape index (κ3) is 20.4. The number of aliphatic hydroxyl groups is 8. The Kier molecular flexibility index (Phi) is 28.0. The lowest BCUT2D eigenvalue weighted by Gasteiger charge is -2.42. The molecule has 3 saturated heterocycles. The van der Waals surface area contributed by atoms with Crippen LogP contribution >= 0.6 is 11.8 Å². The van der Waals surface area contributed by atoms with Gasteiger partial charge in [0.2, 0.25) is 29.5 Å². The Bertz CT molecular complexity index is 3410. The first-order chi connectivity index (χ1) is 46.3. The molecule has 4 fully saturated rings. The van der Waals surface area contributed by atoms with E-state index in [1.54, 1.807) is 0 Å². The number of likely N-dealkylation sites (tertiary alicyclic amines) is 2. The Morgan fingerprint density at radius 1 is 0.714 bits per heavy atom. The minimum Gasteiger partial charge on any atom is -0.506 e. The molecule has 20 N–H and O–H groups in total. The second kappa shape index (κ2) is 35.2. The number of amides is 6. The highest BCUT2D eigenvalue weighted by Crippen LogP contribution is 2.31. The lowest BCUT2D eigenvalue weighted by molar-refractivity contribution is -0.152. The van der Waals surface area contributed by atoms with Crippen LogP contribution in [0.4, 0.5) is 5.69 Å². The number of nitrogens with one attached hydrogen (secondary N) is 7.